The van der Waals surface area contributed by atoms with E-state index in [-0.39, 0.29) is 6.42 Å². The van der Waals surface area contributed by atoms with Gasteiger partial charge in [0, 0.05) is 6.42 Å². The highest BCUT2D eigenvalue weighted by Crippen LogP contribution is 2.29. The van der Waals surface area contributed by atoms with Gasteiger partial charge in [0.05, 0.1) is 0 Å². The Labute approximate surface area is 149 Å². The van der Waals surface area contributed by atoms with Crippen molar-refractivity contribution >= 4 is 5.97 Å². The molecule has 0 aromatic heterocycles. The van der Waals surface area contributed by atoms with Gasteiger partial charge in [-0.15, -0.1) is 0 Å². The van der Waals surface area contributed by atoms with Crippen LogP contribution in [0, 0.1) is 17.8 Å². The highest BCUT2D eigenvalue weighted by Gasteiger charge is 2.13. The standard InChI is InChI=1S/C20H32O2.C2H6/c1-14(2)19-13-18(10-9-16(4)11-17(19)5)12-15(3)7-6-8-20(21)22;1-2/h11-16H,6-10H2,1-5H3,(H,21,22);1-2H3/b17-11-,18-12+,19-13-;. The lowest BCUT2D eigenvalue weighted by Gasteiger charge is -2.20. The topological polar surface area (TPSA) is 37.3 Å². The third kappa shape index (κ3) is 9.10. The van der Waals surface area contributed by atoms with Gasteiger partial charge in [-0.3, -0.25) is 4.79 Å². The van der Waals surface area contributed by atoms with Crippen LogP contribution in [-0.2, 0) is 4.79 Å². The minimum absolute atomic E-state index is 0.277. The number of allylic oxidation sites excluding steroid dienone is 6. The molecule has 2 heteroatoms. The highest BCUT2D eigenvalue weighted by molar-refractivity contribution is 5.66. The fraction of sp³-hybridized carbons (Fsp3) is 0.682. The van der Waals surface area contributed by atoms with E-state index in [0.717, 1.165) is 19.3 Å². The van der Waals surface area contributed by atoms with Gasteiger partial charge >= 0.3 is 5.97 Å². The van der Waals surface area contributed by atoms with Crippen LogP contribution in [0.2, 0.25) is 0 Å². The second-order valence-corrected chi connectivity index (χ2v) is 7.12. The smallest absolute Gasteiger partial charge is 0.303 e. The molecule has 0 heterocycles. The summed E-state index contributed by atoms with van der Waals surface area (Å²) in [6.07, 6.45) is 11.4. The average molecular weight is 335 g/mol. The molecule has 1 aliphatic carbocycles. The molecule has 0 spiro atoms. The first kappa shape index (κ1) is 22.7. The second kappa shape index (κ2) is 12.1. The number of rotatable bonds is 6. The van der Waals surface area contributed by atoms with E-state index in [9.17, 15) is 4.79 Å². The Balaban J connectivity index is 0.00000254. The van der Waals surface area contributed by atoms with Crippen LogP contribution in [0.3, 0.4) is 0 Å². The van der Waals surface area contributed by atoms with Crippen molar-refractivity contribution in [2.45, 2.75) is 80.6 Å². The summed E-state index contributed by atoms with van der Waals surface area (Å²) >= 11 is 0. The third-order valence-electron chi connectivity index (χ3n) is 4.39. The van der Waals surface area contributed by atoms with Crippen LogP contribution in [0.1, 0.15) is 80.6 Å². The molecule has 0 radical (unpaired) electrons. The van der Waals surface area contributed by atoms with Crippen molar-refractivity contribution in [2.75, 3.05) is 0 Å². The SMILES string of the molecule is CC.CC1=C/C(C)CCC(=C\C(C)CCCC(=O)O)/C=C\1C(C)C. The van der Waals surface area contributed by atoms with E-state index in [0.29, 0.717) is 17.8 Å². The van der Waals surface area contributed by atoms with Crippen molar-refractivity contribution in [3.8, 4) is 0 Å². The van der Waals surface area contributed by atoms with E-state index in [1.807, 2.05) is 13.8 Å². The van der Waals surface area contributed by atoms with Gasteiger partial charge in [-0.1, -0.05) is 70.9 Å². The summed E-state index contributed by atoms with van der Waals surface area (Å²) in [7, 11) is 0. The fourth-order valence-electron chi connectivity index (χ4n) is 3.16. The summed E-state index contributed by atoms with van der Waals surface area (Å²) in [6, 6.07) is 0. The largest absolute Gasteiger partial charge is 0.481 e. The van der Waals surface area contributed by atoms with Gasteiger partial charge < -0.3 is 5.11 Å². The van der Waals surface area contributed by atoms with E-state index in [1.165, 1.54) is 23.1 Å². The molecule has 24 heavy (non-hydrogen) atoms. The van der Waals surface area contributed by atoms with Crippen molar-refractivity contribution in [1.82, 2.24) is 0 Å². The van der Waals surface area contributed by atoms with E-state index in [4.69, 9.17) is 5.11 Å². The van der Waals surface area contributed by atoms with Crippen LogP contribution >= 0.6 is 0 Å². The monoisotopic (exact) mass is 334 g/mol. The zero-order valence-corrected chi connectivity index (χ0v) is 16.9. The molecule has 0 aromatic carbocycles. The quantitative estimate of drug-likeness (QED) is 0.580. The predicted octanol–water partition coefficient (Wildman–Crippen LogP) is 6.79. The Hall–Kier alpha value is -1.31. The molecular weight excluding hydrogens is 296 g/mol. The Bertz CT molecular complexity index is 466. The molecule has 2 unspecified atom stereocenters. The van der Waals surface area contributed by atoms with Crippen molar-refractivity contribution in [2.24, 2.45) is 17.8 Å². The van der Waals surface area contributed by atoms with Crippen molar-refractivity contribution in [1.29, 1.82) is 0 Å². The van der Waals surface area contributed by atoms with E-state index >= 15 is 0 Å². The maximum atomic E-state index is 10.6. The lowest BCUT2D eigenvalue weighted by Crippen LogP contribution is -2.04. The molecule has 1 N–H and O–H groups in total. The van der Waals surface area contributed by atoms with Crippen LogP contribution in [0.25, 0.3) is 0 Å². The molecule has 138 valence electrons. The van der Waals surface area contributed by atoms with E-state index < -0.39 is 5.97 Å². The molecule has 0 amide bonds. The van der Waals surface area contributed by atoms with Gasteiger partial charge in [0.25, 0.3) is 0 Å². The summed E-state index contributed by atoms with van der Waals surface area (Å²) in [6.45, 7) is 15.2. The lowest BCUT2D eigenvalue weighted by molar-refractivity contribution is -0.137. The summed E-state index contributed by atoms with van der Waals surface area (Å²) < 4.78 is 0. The molecule has 0 saturated heterocycles. The van der Waals surface area contributed by atoms with Gasteiger partial charge in [0.15, 0.2) is 0 Å². The summed E-state index contributed by atoms with van der Waals surface area (Å²) in [5.74, 6) is 0.904. The van der Waals surface area contributed by atoms with Crippen LogP contribution in [0.15, 0.2) is 34.9 Å². The Morgan fingerprint density at radius 1 is 1.33 bits per heavy atom. The molecule has 0 bridgehead atoms. The molecule has 0 fully saturated rings. The van der Waals surface area contributed by atoms with E-state index in [2.05, 4.69) is 52.8 Å². The molecule has 2 nitrogen and oxygen atoms in total. The molecular formula is C22H38O2. The third-order valence-corrected chi connectivity index (χ3v) is 4.39. The number of aliphatic carboxylic acids is 1. The average Bonchev–Trinajstić information content (AvgIpc) is 2.49. The zero-order valence-electron chi connectivity index (χ0n) is 16.9. The number of hydrogen-bond acceptors (Lipinski definition) is 1. The van der Waals surface area contributed by atoms with Gasteiger partial charge in [0.1, 0.15) is 0 Å². The summed E-state index contributed by atoms with van der Waals surface area (Å²) in [5, 5.41) is 8.74. The van der Waals surface area contributed by atoms with Crippen LogP contribution in [0.4, 0.5) is 0 Å². The van der Waals surface area contributed by atoms with Gasteiger partial charge in [0.2, 0.25) is 0 Å². The molecule has 0 aliphatic heterocycles. The van der Waals surface area contributed by atoms with Crippen molar-refractivity contribution in [3.63, 3.8) is 0 Å². The summed E-state index contributed by atoms with van der Waals surface area (Å²) in [5.41, 5.74) is 4.27. The van der Waals surface area contributed by atoms with Crippen molar-refractivity contribution < 1.29 is 9.90 Å². The fourth-order valence-corrected chi connectivity index (χ4v) is 3.16. The van der Waals surface area contributed by atoms with Gasteiger partial charge in [-0.25, -0.2) is 0 Å². The minimum atomic E-state index is -0.692. The molecule has 1 aliphatic rings. The van der Waals surface area contributed by atoms with E-state index in [1.54, 1.807) is 0 Å². The molecule has 2 atom stereocenters. The normalized spacial score (nSPS) is 25.5. The number of hydrogen-bond donors (Lipinski definition) is 1. The van der Waals surface area contributed by atoms with Crippen LogP contribution < -0.4 is 0 Å². The number of carboxylic acid groups (broad SMARTS) is 1. The minimum Gasteiger partial charge on any atom is -0.481 e. The molecule has 1 rings (SSSR count). The van der Waals surface area contributed by atoms with Crippen LogP contribution in [-0.4, -0.2) is 11.1 Å². The first-order chi connectivity index (χ1) is 11.3. The zero-order chi connectivity index (χ0) is 18.7. The van der Waals surface area contributed by atoms with Gasteiger partial charge in [-0.2, -0.15) is 0 Å². The lowest BCUT2D eigenvalue weighted by atomic mass is 9.85. The van der Waals surface area contributed by atoms with Crippen LogP contribution in [0.5, 0.6) is 0 Å². The van der Waals surface area contributed by atoms with Gasteiger partial charge in [-0.05, 0) is 55.9 Å². The molecule has 0 saturated carbocycles. The molecule has 0 aromatic rings. The van der Waals surface area contributed by atoms with Crippen molar-refractivity contribution in [3.05, 3.63) is 34.9 Å². The maximum absolute atomic E-state index is 10.6. The second-order valence-electron chi connectivity index (χ2n) is 7.12. The Morgan fingerprint density at radius 2 is 1.96 bits per heavy atom. The predicted molar refractivity (Wildman–Crippen MR) is 105 cm³/mol. The number of carbonyl (C=O) groups is 1. The maximum Gasteiger partial charge on any atom is 0.303 e. The Morgan fingerprint density at radius 3 is 2.50 bits per heavy atom. The highest BCUT2D eigenvalue weighted by atomic mass is 16.4. The first-order valence-corrected chi connectivity index (χ1v) is 9.62. The number of carboxylic acids is 1. The summed E-state index contributed by atoms with van der Waals surface area (Å²) in [4.78, 5) is 10.6. The Kier molecular flexibility index (Phi) is 11.4. The first-order valence-electron chi connectivity index (χ1n) is 9.62.